The van der Waals surface area contributed by atoms with Gasteiger partial charge in [-0.1, -0.05) is 5.92 Å². The molecule has 0 aliphatic rings. The molecule has 2 N–H and O–H groups in total. The number of ether oxygens (including phenoxy) is 1. The number of amides is 1. The number of carbonyl (C=O) groups is 1. The minimum absolute atomic E-state index is 0.0510. The average molecular weight is 214 g/mol. The fourth-order valence-corrected chi connectivity index (χ4v) is 1.04. The number of rotatable bonds is 8. The van der Waals surface area contributed by atoms with E-state index in [9.17, 15) is 4.79 Å². The van der Waals surface area contributed by atoms with Gasteiger partial charge in [-0.25, -0.2) is 0 Å². The molecular formula is C10H18N2O3. The summed E-state index contributed by atoms with van der Waals surface area (Å²) in [5, 5.41) is 11.6. The van der Waals surface area contributed by atoms with E-state index < -0.39 is 0 Å². The van der Waals surface area contributed by atoms with Crippen molar-refractivity contribution >= 4 is 5.91 Å². The standard InChI is InChI=1S/C10H18N2O3/c1-3-4-11-9-10(14)12(5-7-13)6-8-15-2/h1,11,13H,4-9H2,2H3. The lowest BCUT2D eigenvalue weighted by Crippen LogP contribution is -2.41. The summed E-state index contributed by atoms with van der Waals surface area (Å²) >= 11 is 0. The molecule has 0 aliphatic carbocycles. The molecule has 0 rings (SSSR count). The number of nitrogens with zero attached hydrogens (tertiary/aromatic N) is 1. The Bertz CT molecular complexity index is 213. The number of nitrogens with one attached hydrogen (secondary N) is 1. The summed E-state index contributed by atoms with van der Waals surface area (Å²) in [6.07, 6.45) is 5.03. The molecule has 1 amide bonds. The Morgan fingerprint density at radius 3 is 2.87 bits per heavy atom. The Morgan fingerprint density at radius 2 is 2.33 bits per heavy atom. The van der Waals surface area contributed by atoms with Crippen LogP contribution in [0.3, 0.4) is 0 Å². The number of aliphatic hydroxyl groups is 1. The maximum atomic E-state index is 11.5. The van der Waals surface area contributed by atoms with Crippen LogP contribution in [0, 0.1) is 12.3 Å². The van der Waals surface area contributed by atoms with E-state index in [1.165, 1.54) is 4.90 Å². The second-order valence-corrected chi connectivity index (χ2v) is 2.90. The SMILES string of the molecule is C#CCNCC(=O)N(CCO)CCOC. The van der Waals surface area contributed by atoms with Gasteiger partial charge in [-0.05, 0) is 0 Å². The minimum atomic E-state index is -0.0867. The van der Waals surface area contributed by atoms with E-state index in [1.807, 2.05) is 0 Å². The zero-order valence-electron chi connectivity index (χ0n) is 9.03. The summed E-state index contributed by atoms with van der Waals surface area (Å²) in [7, 11) is 1.57. The summed E-state index contributed by atoms with van der Waals surface area (Å²) in [6, 6.07) is 0. The second kappa shape index (κ2) is 9.46. The monoisotopic (exact) mass is 214 g/mol. The number of carbonyl (C=O) groups excluding carboxylic acids is 1. The predicted octanol–water partition coefficient (Wildman–Crippen LogP) is -1.32. The summed E-state index contributed by atoms with van der Waals surface area (Å²) in [4.78, 5) is 13.1. The minimum Gasteiger partial charge on any atom is -0.395 e. The van der Waals surface area contributed by atoms with E-state index in [2.05, 4.69) is 11.2 Å². The number of aliphatic hydroxyl groups excluding tert-OH is 1. The Hall–Kier alpha value is -1.09. The molecule has 15 heavy (non-hydrogen) atoms. The lowest BCUT2D eigenvalue weighted by atomic mass is 10.4. The summed E-state index contributed by atoms with van der Waals surface area (Å²) in [5.74, 6) is 2.29. The lowest BCUT2D eigenvalue weighted by molar-refractivity contribution is -0.131. The molecule has 86 valence electrons. The van der Waals surface area contributed by atoms with Gasteiger partial charge in [0.1, 0.15) is 0 Å². The van der Waals surface area contributed by atoms with Crippen molar-refractivity contribution in [3.8, 4) is 12.3 Å². The number of hydrogen-bond acceptors (Lipinski definition) is 4. The van der Waals surface area contributed by atoms with Crippen LogP contribution in [0.15, 0.2) is 0 Å². The largest absolute Gasteiger partial charge is 0.395 e. The Morgan fingerprint density at radius 1 is 1.60 bits per heavy atom. The van der Waals surface area contributed by atoms with Crippen LogP contribution in [0.1, 0.15) is 0 Å². The van der Waals surface area contributed by atoms with Crippen LogP contribution in [0.5, 0.6) is 0 Å². The molecule has 0 unspecified atom stereocenters. The van der Waals surface area contributed by atoms with Crippen LogP contribution in [-0.4, -0.2) is 62.4 Å². The molecule has 0 atom stereocenters. The van der Waals surface area contributed by atoms with Crippen LogP contribution >= 0.6 is 0 Å². The van der Waals surface area contributed by atoms with Gasteiger partial charge in [-0.2, -0.15) is 0 Å². The summed E-state index contributed by atoms with van der Waals surface area (Å²) in [6.45, 7) is 1.76. The van der Waals surface area contributed by atoms with Crippen molar-refractivity contribution in [1.29, 1.82) is 0 Å². The highest BCUT2D eigenvalue weighted by atomic mass is 16.5. The summed E-state index contributed by atoms with van der Waals surface area (Å²) in [5.41, 5.74) is 0. The van der Waals surface area contributed by atoms with Crippen LogP contribution < -0.4 is 5.32 Å². The maximum absolute atomic E-state index is 11.5. The van der Waals surface area contributed by atoms with Crippen molar-refractivity contribution < 1.29 is 14.6 Å². The number of terminal acetylenes is 1. The molecule has 5 heteroatoms. The van der Waals surface area contributed by atoms with Crippen molar-refractivity contribution in [2.75, 3.05) is 46.5 Å². The van der Waals surface area contributed by atoms with Crippen LogP contribution in [0.2, 0.25) is 0 Å². The lowest BCUT2D eigenvalue weighted by Gasteiger charge is -2.21. The maximum Gasteiger partial charge on any atom is 0.236 e. The highest BCUT2D eigenvalue weighted by Gasteiger charge is 2.11. The summed E-state index contributed by atoms with van der Waals surface area (Å²) < 4.78 is 4.87. The molecule has 0 bridgehead atoms. The van der Waals surface area contributed by atoms with Crippen molar-refractivity contribution in [3.63, 3.8) is 0 Å². The van der Waals surface area contributed by atoms with E-state index >= 15 is 0 Å². The van der Waals surface area contributed by atoms with E-state index in [0.717, 1.165) is 0 Å². The van der Waals surface area contributed by atoms with E-state index in [-0.39, 0.29) is 19.1 Å². The molecule has 0 fully saturated rings. The fourth-order valence-electron chi connectivity index (χ4n) is 1.04. The Labute approximate surface area is 90.4 Å². The average Bonchev–Trinajstić information content (AvgIpc) is 2.24. The zero-order chi connectivity index (χ0) is 11.5. The molecular weight excluding hydrogens is 196 g/mol. The normalized spacial score (nSPS) is 9.67. The quantitative estimate of drug-likeness (QED) is 0.388. The Kier molecular flexibility index (Phi) is 8.78. The molecule has 0 aromatic carbocycles. The topological polar surface area (TPSA) is 61.8 Å². The first-order valence-electron chi connectivity index (χ1n) is 4.78. The second-order valence-electron chi connectivity index (χ2n) is 2.90. The molecule has 0 aromatic rings. The highest BCUT2D eigenvalue weighted by molar-refractivity contribution is 5.78. The van der Waals surface area contributed by atoms with Crippen LogP contribution in [0.25, 0.3) is 0 Å². The number of methoxy groups -OCH3 is 1. The van der Waals surface area contributed by atoms with Gasteiger partial charge < -0.3 is 14.7 Å². The van der Waals surface area contributed by atoms with Crippen molar-refractivity contribution in [2.24, 2.45) is 0 Å². The van der Waals surface area contributed by atoms with Crippen molar-refractivity contribution in [3.05, 3.63) is 0 Å². The number of hydrogen-bond donors (Lipinski definition) is 2. The van der Waals surface area contributed by atoms with Crippen LogP contribution in [-0.2, 0) is 9.53 Å². The molecule has 0 aromatic heterocycles. The zero-order valence-corrected chi connectivity index (χ0v) is 9.03. The molecule has 0 saturated carbocycles. The first-order chi connectivity index (χ1) is 7.26. The molecule has 5 nitrogen and oxygen atoms in total. The third-order valence-corrected chi connectivity index (χ3v) is 1.79. The van der Waals surface area contributed by atoms with E-state index in [1.54, 1.807) is 7.11 Å². The van der Waals surface area contributed by atoms with E-state index in [0.29, 0.717) is 26.2 Å². The van der Waals surface area contributed by atoms with Gasteiger partial charge in [0, 0.05) is 20.2 Å². The third kappa shape index (κ3) is 6.91. The van der Waals surface area contributed by atoms with Gasteiger partial charge in [0.15, 0.2) is 0 Å². The highest BCUT2D eigenvalue weighted by Crippen LogP contribution is 1.89. The van der Waals surface area contributed by atoms with Gasteiger partial charge in [0.05, 0.1) is 26.3 Å². The smallest absolute Gasteiger partial charge is 0.236 e. The fraction of sp³-hybridized carbons (Fsp3) is 0.700. The molecule has 0 saturated heterocycles. The first kappa shape index (κ1) is 13.9. The van der Waals surface area contributed by atoms with E-state index in [4.69, 9.17) is 16.3 Å². The van der Waals surface area contributed by atoms with Crippen molar-refractivity contribution in [1.82, 2.24) is 10.2 Å². The van der Waals surface area contributed by atoms with Crippen molar-refractivity contribution in [2.45, 2.75) is 0 Å². The molecule has 0 radical (unpaired) electrons. The van der Waals surface area contributed by atoms with Gasteiger partial charge in [-0.3, -0.25) is 10.1 Å². The molecule has 0 spiro atoms. The van der Waals surface area contributed by atoms with Gasteiger partial charge in [-0.15, -0.1) is 6.42 Å². The van der Waals surface area contributed by atoms with Gasteiger partial charge >= 0.3 is 0 Å². The Balaban J connectivity index is 3.87. The first-order valence-corrected chi connectivity index (χ1v) is 4.78. The molecule has 0 aliphatic heterocycles. The third-order valence-electron chi connectivity index (χ3n) is 1.79. The van der Waals surface area contributed by atoms with Gasteiger partial charge in [0.2, 0.25) is 5.91 Å². The van der Waals surface area contributed by atoms with Gasteiger partial charge in [0.25, 0.3) is 0 Å². The predicted molar refractivity (Wildman–Crippen MR) is 57.2 cm³/mol. The molecule has 0 heterocycles. The van der Waals surface area contributed by atoms with Crippen LogP contribution in [0.4, 0.5) is 0 Å².